The SMILES string of the molecule is C[C@]1(c2ccccc2)C(=O)NCCN[C@@H]1c1ccc([N+](=O)[O-])cc1. The molecule has 0 saturated carbocycles. The van der Waals surface area contributed by atoms with Crippen LogP contribution in [0.4, 0.5) is 5.69 Å². The summed E-state index contributed by atoms with van der Waals surface area (Å²) in [7, 11) is 0. The lowest BCUT2D eigenvalue weighted by molar-refractivity contribution is -0.384. The fourth-order valence-corrected chi connectivity index (χ4v) is 3.23. The van der Waals surface area contributed by atoms with E-state index >= 15 is 0 Å². The number of carbonyl (C=O) groups excluding carboxylic acids is 1. The number of nitrogens with one attached hydrogen (secondary N) is 2. The molecule has 6 heteroatoms. The minimum Gasteiger partial charge on any atom is -0.354 e. The number of non-ortho nitro benzene ring substituents is 1. The van der Waals surface area contributed by atoms with E-state index in [1.54, 1.807) is 12.1 Å². The van der Waals surface area contributed by atoms with Gasteiger partial charge in [0.2, 0.25) is 5.91 Å². The second-order valence-electron chi connectivity index (χ2n) is 6.06. The quantitative estimate of drug-likeness (QED) is 0.670. The Balaban J connectivity index is 2.08. The molecule has 124 valence electrons. The standard InChI is InChI=1S/C18H19N3O3/c1-18(14-5-3-2-4-6-14)16(19-11-12-20-17(18)22)13-7-9-15(10-8-13)21(23)24/h2-10,16,19H,11-12H2,1H3,(H,20,22)/t16-,18-/m1/s1. The lowest BCUT2D eigenvalue weighted by atomic mass is 9.72. The van der Waals surface area contributed by atoms with Crippen molar-refractivity contribution < 1.29 is 9.72 Å². The van der Waals surface area contributed by atoms with Gasteiger partial charge in [0, 0.05) is 25.2 Å². The Labute approximate surface area is 140 Å². The predicted molar refractivity (Wildman–Crippen MR) is 90.6 cm³/mol. The number of hydrogen-bond donors (Lipinski definition) is 2. The van der Waals surface area contributed by atoms with Crippen molar-refractivity contribution in [1.29, 1.82) is 0 Å². The molecular weight excluding hydrogens is 306 g/mol. The maximum atomic E-state index is 12.8. The van der Waals surface area contributed by atoms with Crippen molar-refractivity contribution in [3.8, 4) is 0 Å². The van der Waals surface area contributed by atoms with Gasteiger partial charge in [-0.15, -0.1) is 0 Å². The van der Waals surface area contributed by atoms with E-state index in [0.717, 1.165) is 11.1 Å². The van der Waals surface area contributed by atoms with E-state index in [0.29, 0.717) is 13.1 Å². The number of nitro benzene ring substituents is 1. The van der Waals surface area contributed by atoms with Crippen molar-refractivity contribution in [1.82, 2.24) is 10.6 Å². The van der Waals surface area contributed by atoms with Crippen LogP contribution in [-0.2, 0) is 10.2 Å². The molecular formula is C18H19N3O3. The topological polar surface area (TPSA) is 84.3 Å². The molecule has 6 nitrogen and oxygen atoms in total. The highest BCUT2D eigenvalue weighted by molar-refractivity contribution is 5.89. The Bertz CT molecular complexity index is 746. The Morgan fingerprint density at radius 2 is 1.75 bits per heavy atom. The van der Waals surface area contributed by atoms with Crippen LogP contribution in [0.1, 0.15) is 24.1 Å². The van der Waals surface area contributed by atoms with Crippen molar-refractivity contribution in [2.24, 2.45) is 0 Å². The van der Waals surface area contributed by atoms with Gasteiger partial charge in [-0.1, -0.05) is 42.5 Å². The third kappa shape index (κ3) is 2.76. The van der Waals surface area contributed by atoms with E-state index < -0.39 is 10.3 Å². The van der Waals surface area contributed by atoms with Crippen LogP contribution in [0.25, 0.3) is 0 Å². The number of carbonyl (C=O) groups is 1. The fourth-order valence-electron chi connectivity index (χ4n) is 3.23. The maximum Gasteiger partial charge on any atom is 0.269 e. The number of amides is 1. The second-order valence-corrected chi connectivity index (χ2v) is 6.06. The van der Waals surface area contributed by atoms with Gasteiger partial charge in [-0.3, -0.25) is 14.9 Å². The van der Waals surface area contributed by atoms with Crippen molar-refractivity contribution >= 4 is 11.6 Å². The zero-order valence-corrected chi connectivity index (χ0v) is 13.4. The van der Waals surface area contributed by atoms with Crippen LogP contribution in [0, 0.1) is 10.1 Å². The molecule has 24 heavy (non-hydrogen) atoms. The number of benzene rings is 2. The summed E-state index contributed by atoms with van der Waals surface area (Å²) in [6.07, 6.45) is 0. The first-order valence-electron chi connectivity index (χ1n) is 7.85. The first kappa shape index (κ1) is 16.1. The molecule has 0 radical (unpaired) electrons. The summed E-state index contributed by atoms with van der Waals surface area (Å²) in [4.78, 5) is 23.3. The lowest BCUT2D eigenvalue weighted by Crippen LogP contribution is -2.47. The van der Waals surface area contributed by atoms with Gasteiger partial charge in [0.25, 0.3) is 5.69 Å². The number of nitrogens with zero attached hydrogens (tertiary/aromatic N) is 1. The summed E-state index contributed by atoms with van der Waals surface area (Å²) < 4.78 is 0. The largest absolute Gasteiger partial charge is 0.354 e. The Hall–Kier alpha value is -2.73. The molecule has 1 amide bonds. The summed E-state index contributed by atoms with van der Waals surface area (Å²) in [5, 5.41) is 17.2. The molecule has 1 heterocycles. The average molecular weight is 325 g/mol. The number of rotatable bonds is 3. The summed E-state index contributed by atoms with van der Waals surface area (Å²) in [5.74, 6) is -0.0537. The second kappa shape index (κ2) is 6.41. The van der Waals surface area contributed by atoms with Crippen LogP contribution in [0.3, 0.4) is 0 Å². The van der Waals surface area contributed by atoms with E-state index in [4.69, 9.17) is 0 Å². The Morgan fingerprint density at radius 3 is 2.38 bits per heavy atom. The molecule has 0 bridgehead atoms. The van der Waals surface area contributed by atoms with Gasteiger partial charge in [-0.2, -0.15) is 0 Å². The average Bonchev–Trinajstić information content (AvgIpc) is 2.76. The highest BCUT2D eigenvalue weighted by atomic mass is 16.6. The first-order chi connectivity index (χ1) is 11.5. The van der Waals surface area contributed by atoms with Crippen LogP contribution < -0.4 is 10.6 Å². The van der Waals surface area contributed by atoms with Crippen molar-refractivity contribution in [2.75, 3.05) is 13.1 Å². The highest BCUT2D eigenvalue weighted by Gasteiger charge is 2.44. The van der Waals surface area contributed by atoms with Crippen molar-refractivity contribution in [3.63, 3.8) is 0 Å². The van der Waals surface area contributed by atoms with Crippen LogP contribution >= 0.6 is 0 Å². The minimum absolute atomic E-state index is 0.0400. The van der Waals surface area contributed by atoms with Gasteiger partial charge in [0.15, 0.2) is 0 Å². The molecule has 0 aromatic heterocycles. The molecule has 0 aliphatic carbocycles. The minimum atomic E-state index is -0.812. The molecule has 1 aliphatic heterocycles. The maximum absolute atomic E-state index is 12.8. The molecule has 1 saturated heterocycles. The predicted octanol–water partition coefficient (Wildman–Crippen LogP) is 2.31. The Morgan fingerprint density at radius 1 is 1.08 bits per heavy atom. The van der Waals surface area contributed by atoms with Crippen molar-refractivity contribution in [3.05, 3.63) is 75.8 Å². The zero-order chi connectivity index (χ0) is 17.2. The van der Waals surface area contributed by atoms with Crippen molar-refractivity contribution in [2.45, 2.75) is 18.4 Å². The molecule has 0 spiro atoms. The van der Waals surface area contributed by atoms with E-state index in [1.165, 1.54) is 12.1 Å². The van der Waals surface area contributed by atoms with Gasteiger partial charge in [-0.05, 0) is 18.1 Å². The molecule has 1 aliphatic rings. The summed E-state index contributed by atoms with van der Waals surface area (Å²) in [5.41, 5.74) is 0.982. The molecule has 2 aromatic rings. The third-order valence-corrected chi connectivity index (χ3v) is 4.62. The molecule has 2 aromatic carbocycles. The first-order valence-corrected chi connectivity index (χ1v) is 7.85. The summed E-state index contributed by atoms with van der Waals surface area (Å²) in [6.45, 7) is 3.09. The van der Waals surface area contributed by atoms with Crippen LogP contribution in [0.2, 0.25) is 0 Å². The van der Waals surface area contributed by atoms with Gasteiger partial charge in [0.1, 0.15) is 0 Å². The normalized spacial score (nSPS) is 24.0. The molecule has 0 unspecified atom stereocenters. The molecule has 1 fully saturated rings. The van der Waals surface area contributed by atoms with Gasteiger partial charge in [-0.25, -0.2) is 0 Å². The molecule has 2 atom stereocenters. The highest BCUT2D eigenvalue weighted by Crippen LogP contribution is 2.38. The smallest absolute Gasteiger partial charge is 0.269 e. The monoisotopic (exact) mass is 325 g/mol. The number of nitro groups is 1. The van der Waals surface area contributed by atoms with E-state index in [1.807, 2.05) is 37.3 Å². The van der Waals surface area contributed by atoms with E-state index in [-0.39, 0.29) is 17.6 Å². The summed E-state index contributed by atoms with van der Waals surface area (Å²) >= 11 is 0. The molecule has 2 N–H and O–H groups in total. The lowest BCUT2D eigenvalue weighted by Gasteiger charge is -2.35. The Kier molecular flexibility index (Phi) is 4.31. The van der Waals surface area contributed by atoms with Crippen LogP contribution in [-0.4, -0.2) is 23.9 Å². The zero-order valence-electron chi connectivity index (χ0n) is 13.4. The van der Waals surface area contributed by atoms with Gasteiger partial charge < -0.3 is 10.6 Å². The number of hydrogen-bond acceptors (Lipinski definition) is 4. The van der Waals surface area contributed by atoms with Gasteiger partial charge >= 0.3 is 0 Å². The van der Waals surface area contributed by atoms with Gasteiger partial charge in [0.05, 0.1) is 16.4 Å². The third-order valence-electron chi connectivity index (χ3n) is 4.62. The van der Waals surface area contributed by atoms with E-state index in [2.05, 4.69) is 10.6 Å². The van der Waals surface area contributed by atoms with Crippen LogP contribution in [0.5, 0.6) is 0 Å². The molecule has 3 rings (SSSR count). The summed E-state index contributed by atoms with van der Waals surface area (Å²) in [6, 6.07) is 15.7. The fraction of sp³-hybridized carbons (Fsp3) is 0.278. The van der Waals surface area contributed by atoms with E-state index in [9.17, 15) is 14.9 Å². The van der Waals surface area contributed by atoms with Crippen LogP contribution in [0.15, 0.2) is 54.6 Å².